The maximum absolute atomic E-state index is 11.3. The lowest BCUT2D eigenvalue weighted by atomic mass is 10.3. The highest BCUT2D eigenvalue weighted by Crippen LogP contribution is 2.17. The van der Waals surface area contributed by atoms with Crippen LogP contribution in [0.5, 0.6) is 5.75 Å². The summed E-state index contributed by atoms with van der Waals surface area (Å²) in [6, 6.07) is 4.82. The van der Waals surface area contributed by atoms with Gasteiger partial charge in [0.15, 0.2) is 0 Å². The minimum Gasteiger partial charge on any atom is -0.426 e. The summed E-state index contributed by atoms with van der Waals surface area (Å²) in [7, 11) is 0. The van der Waals surface area contributed by atoms with Crippen molar-refractivity contribution in [2.24, 2.45) is 0 Å². The van der Waals surface area contributed by atoms with E-state index in [-0.39, 0.29) is 24.1 Å². The Morgan fingerprint density at radius 1 is 1.18 bits per heavy atom. The fraction of sp³-hybridized carbons (Fsp3) is 0.385. The smallest absolute Gasteiger partial charge is 0.426 e. The number of benzene rings is 1. The molecule has 9 nitrogen and oxygen atoms in total. The van der Waals surface area contributed by atoms with Crippen molar-refractivity contribution in [2.45, 2.75) is 20.0 Å². The van der Waals surface area contributed by atoms with E-state index in [9.17, 15) is 19.7 Å². The second-order valence-electron chi connectivity index (χ2n) is 4.24. The third kappa shape index (κ3) is 6.66. The molecule has 1 rings (SSSR count). The number of hydrogen-bond donors (Lipinski definition) is 0. The largest absolute Gasteiger partial charge is 0.516 e. The first-order valence-corrected chi connectivity index (χ1v) is 6.24. The molecule has 0 amide bonds. The average molecular weight is 313 g/mol. The standard InChI is InChI=1S/C13H15NO8/c1-9(2)19-7-12(15)20-8-21-13(16)22-11-5-3-10(4-6-11)14(17)18/h3-6,9H,7-8H2,1-2H3. The number of carbonyl (C=O) groups excluding carboxylic acids is 2. The van der Waals surface area contributed by atoms with Crippen molar-refractivity contribution in [3.05, 3.63) is 34.4 Å². The topological polar surface area (TPSA) is 114 Å². The second kappa shape index (κ2) is 8.57. The molecule has 0 N–H and O–H groups in total. The molecule has 0 fully saturated rings. The first-order valence-electron chi connectivity index (χ1n) is 6.24. The monoisotopic (exact) mass is 313 g/mol. The van der Waals surface area contributed by atoms with Crippen LogP contribution in [0.25, 0.3) is 0 Å². The van der Waals surface area contributed by atoms with E-state index in [4.69, 9.17) is 9.47 Å². The number of ether oxygens (including phenoxy) is 4. The SMILES string of the molecule is CC(C)OCC(=O)OCOC(=O)Oc1ccc([N+](=O)[O-])cc1. The summed E-state index contributed by atoms with van der Waals surface area (Å²) < 4.78 is 18.8. The molecule has 1 aromatic carbocycles. The van der Waals surface area contributed by atoms with Gasteiger partial charge in [0.1, 0.15) is 12.4 Å². The molecule has 0 spiro atoms. The zero-order chi connectivity index (χ0) is 16.5. The van der Waals surface area contributed by atoms with Crippen LogP contribution in [0.1, 0.15) is 13.8 Å². The molecule has 22 heavy (non-hydrogen) atoms. The van der Waals surface area contributed by atoms with Crippen LogP contribution in [-0.2, 0) is 19.0 Å². The van der Waals surface area contributed by atoms with E-state index in [0.29, 0.717) is 0 Å². The van der Waals surface area contributed by atoms with E-state index >= 15 is 0 Å². The van der Waals surface area contributed by atoms with Gasteiger partial charge < -0.3 is 18.9 Å². The van der Waals surface area contributed by atoms with Crippen LogP contribution in [0.2, 0.25) is 0 Å². The number of nitro groups is 1. The molecule has 0 saturated heterocycles. The van der Waals surface area contributed by atoms with Gasteiger partial charge in [0.05, 0.1) is 11.0 Å². The van der Waals surface area contributed by atoms with E-state index in [1.165, 1.54) is 24.3 Å². The number of carbonyl (C=O) groups is 2. The zero-order valence-corrected chi connectivity index (χ0v) is 12.0. The Morgan fingerprint density at radius 2 is 1.82 bits per heavy atom. The first kappa shape index (κ1) is 17.4. The lowest BCUT2D eigenvalue weighted by Crippen LogP contribution is -2.20. The van der Waals surface area contributed by atoms with Crippen LogP contribution < -0.4 is 4.74 Å². The van der Waals surface area contributed by atoms with Crippen molar-refractivity contribution in [2.75, 3.05) is 13.4 Å². The summed E-state index contributed by atoms with van der Waals surface area (Å²) in [5.41, 5.74) is -0.139. The number of hydrogen-bond acceptors (Lipinski definition) is 8. The summed E-state index contributed by atoms with van der Waals surface area (Å²) in [5, 5.41) is 10.4. The summed E-state index contributed by atoms with van der Waals surface area (Å²) in [6.45, 7) is 2.64. The van der Waals surface area contributed by atoms with Gasteiger partial charge in [-0.3, -0.25) is 10.1 Å². The third-order valence-electron chi connectivity index (χ3n) is 2.18. The minimum atomic E-state index is -1.11. The summed E-state index contributed by atoms with van der Waals surface area (Å²) >= 11 is 0. The maximum Gasteiger partial charge on any atom is 0.516 e. The molecule has 0 unspecified atom stereocenters. The molecule has 0 radical (unpaired) electrons. The highest BCUT2D eigenvalue weighted by molar-refractivity contribution is 5.71. The van der Waals surface area contributed by atoms with E-state index in [1.807, 2.05) is 0 Å². The molecule has 0 saturated carbocycles. The minimum absolute atomic E-state index is 0.0602. The van der Waals surface area contributed by atoms with Crippen LogP contribution in [0.4, 0.5) is 10.5 Å². The van der Waals surface area contributed by atoms with Gasteiger partial charge >= 0.3 is 12.1 Å². The Bertz CT molecular complexity index is 525. The van der Waals surface area contributed by atoms with Gasteiger partial charge in [0.25, 0.3) is 5.69 Å². The Balaban J connectivity index is 2.28. The van der Waals surface area contributed by atoms with Crippen LogP contribution in [-0.4, -0.2) is 36.6 Å². The average Bonchev–Trinajstić information content (AvgIpc) is 2.45. The van der Waals surface area contributed by atoms with Crippen molar-refractivity contribution < 1.29 is 33.5 Å². The molecule has 0 atom stereocenters. The van der Waals surface area contributed by atoms with E-state index < -0.39 is 23.8 Å². The maximum atomic E-state index is 11.3. The quantitative estimate of drug-likeness (QED) is 0.247. The number of nitro benzene ring substituents is 1. The normalized spacial score (nSPS) is 10.1. The zero-order valence-electron chi connectivity index (χ0n) is 12.0. The fourth-order valence-electron chi connectivity index (χ4n) is 1.18. The summed E-state index contributed by atoms with van der Waals surface area (Å²) in [6.07, 6.45) is -1.23. The van der Waals surface area contributed by atoms with Crippen LogP contribution in [0.15, 0.2) is 24.3 Å². The molecular formula is C13H15NO8. The van der Waals surface area contributed by atoms with Crippen LogP contribution in [0.3, 0.4) is 0 Å². The van der Waals surface area contributed by atoms with Crippen LogP contribution >= 0.6 is 0 Å². The Morgan fingerprint density at radius 3 is 2.36 bits per heavy atom. The summed E-state index contributed by atoms with van der Waals surface area (Å²) in [5.74, 6) is -0.623. The van der Waals surface area contributed by atoms with Gasteiger partial charge in [0.2, 0.25) is 6.79 Å². The van der Waals surface area contributed by atoms with Gasteiger partial charge in [-0.2, -0.15) is 0 Å². The van der Waals surface area contributed by atoms with E-state index in [2.05, 4.69) is 9.47 Å². The predicted octanol–water partition coefficient (Wildman–Crippen LogP) is 2.04. The first-order chi connectivity index (χ1) is 10.4. The van der Waals surface area contributed by atoms with E-state index in [1.54, 1.807) is 13.8 Å². The summed E-state index contributed by atoms with van der Waals surface area (Å²) in [4.78, 5) is 32.3. The van der Waals surface area contributed by atoms with Gasteiger partial charge in [-0.05, 0) is 26.0 Å². The van der Waals surface area contributed by atoms with Gasteiger partial charge in [-0.25, -0.2) is 9.59 Å². The van der Waals surface area contributed by atoms with E-state index in [0.717, 1.165) is 0 Å². The number of rotatable bonds is 7. The third-order valence-corrected chi connectivity index (χ3v) is 2.18. The van der Waals surface area contributed by atoms with Crippen molar-refractivity contribution in [3.63, 3.8) is 0 Å². The molecule has 0 heterocycles. The Hall–Kier alpha value is -2.68. The Labute approximate surface area is 125 Å². The van der Waals surface area contributed by atoms with Crippen molar-refractivity contribution in [1.82, 2.24) is 0 Å². The lowest BCUT2D eigenvalue weighted by Gasteiger charge is -2.08. The lowest BCUT2D eigenvalue weighted by molar-refractivity contribution is -0.384. The van der Waals surface area contributed by atoms with Crippen molar-refractivity contribution in [1.29, 1.82) is 0 Å². The number of nitrogens with zero attached hydrogens (tertiary/aromatic N) is 1. The number of esters is 1. The van der Waals surface area contributed by atoms with Gasteiger partial charge in [-0.15, -0.1) is 0 Å². The van der Waals surface area contributed by atoms with Gasteiger partial charge in [-0.1, -0.05) is 0 Å². The predicted molar refractivity (Wildman–Crippen MR) is 72.3 cm³/mol. The van der Waals surface area contributed by atoms with Crippen molar-refractivity contribution in [3.8, 4) is 5.75 Å². The second-order valence-corrected chi connectivity index (χ2v) is 4.24. The molecule has 1 aromatic rings. The molecule has 0 aliphatic rings. The van der Waals surface area contributed by atoms with Gasteiger partial charge in [0, 0.05) is 12.1 Å². The molecule has 0 bridgehead atoms. The fourth-order valence-corrected chi connectivity index (χ4v) is 1.18. The molecule has 120 valence electrons. The van der Waals surface area contributed by atoms with Crippen LogP contribution in [0, 0.1) is 10.1 Å². The number of non-ortho nitro benzene ring substituents is 1. The highest BCUT2D eigenvalue weighted by atomic mass is 16.8. The molecule has 9 heteroatoms. The molecule has 0 aliphatic carbocycles. The Kier molecular flexibility index (Phi) is 6.77. The highest BCUT2D eigenvalue weighted by Gasteiger charge is 2.11. The molecular weight excluding hydrogens is 298 g/mol. The molecule has 0 aliphatic heterocycles. The van der Waals surface area contributed by atoms with Crippen molar-refractivity contribution >= 4 is 17.8 Å². The molecule has 0 aromatic heterocycles.